The van der Waals surface area contributed by atoms with Gasteiger partial charge < -0.3 is 13.8 Å². The molecule has 9 heteroatoms. The number of benzene rings is 2. The first-order valence-corrected chi connectivity index (χ1v) is 9.34. The van der Waals surface area contributed by atoms with Crippen LogP contribution in [0.4, 0.5) is 5.69 Å². The molecule has 0 saturated carbocycles. The fraction of sp³-hybridized carbons (Fsp3) is 0.190. The zero-order chi connectivity index (χ0) is 21.1. The van der Waals surface area contributed by atoms with E-state index in [9.17, 15) is 10.1 Å². The third-order valence-corrected chi connectivity index (χ3v) is 4.33. The van der Waals surface area contributed by atoms with Gasteiger partial charge >= 0.3 is 5.69 Å². The molecule has 0 aliphatic rings. The van der Waals surface area contributed by atoms with Crippen molar-refractivity contribution in [1.29, 1.82) is 0 Å². The summed E-state index contributed by atoms with van der Waals surface area (Å²) < 4.78 is 12.8. The molecule has 0 saturated heterocycles. The first kappa shape index (κ1) is 19.3. The van der Waals surface area contributed by atoms with Crippen molar-refractivity contribution in [3.8, 4) is 28.6 Å². The van der Waals surface area contributed by atoms with Crippen molar-refractivity contribution in [3.05, 3.63) is 76.9 Å². The molecule has 0 amide bonds. The van der Waals surface area contributed by atoms with Gasteiger partial charge in [0.1, 0.15) is 0 Å². The first-order chi connectivity index (χ1) is 14.5. The minimum absolute atomic E-state index is 0.148. The third-order valence-electron chi connectivity index (χ3n) is 4.33. The van der Waals surface area contributed by atoms with Crippen LogP contribution in [-0.4, -0.2) is 30.7 Å². The number of aromatic nitrogens is 4. The van der Waals surface area contributed by atoms with Gasteiger partial charge in [0.05, 0.1) is 17.4 Å². The second-order valence-electron chi connectivity index (χ2n) is 6.96. The Morgan fingerprint density at radius 3 is 2.60 bits per heavy atom. The van der Waals surface area contributed by atoms with E-state index in [4.69, 9.17) is 9.26 Å². The standard InChI is InChI=1S/C21H19N5O4/c1-14(2)29-19-8-7-17(11-18(19)26(27)28)21-23-20(24-30-21)16-5-3-15(4-6-16)12-25-10-9-22-13-25/h3-11,13-14H,12H2,1-2H3. The molecule has 0 fully saturated rings. The number of rotatable bonds is 7. The summed E-state index contributed by atoms with van der Waals surface area (Å²) in [7, 11) is 0. The van der Waals surface area contributed by atoms with E-state index in [1.54, 1.807) is 24.7 Å². The highest BCUT2D eigenvalue weighted by Gasteiger charge is 2.20. The number of hydrogen-bond acceptors (Lipinski definition) is 7. The Labute approximate surface area is 172 Å². The molecule has 2 aromatic heterocycles. The maximum absolute atomic E-state index is 11.4. The van der Waals surface area contributed by atoms with Crippen LogP contribution in [0.2, 0.25) is 0 Å². The maximum atomic E-state index is 11.4. The topological polar surface area (TPSA) is 109 Å². The van der Waals surface area contributed by atoms with Crippen molar-refractivity contribution in [3.63, 3.8) is 0 Å². The van der Waals surface area contributed by atoms with Crippen LogP contribution >= 0.6 is 0 Å². The Morgan fingerprint density at radius 2 is 1.93 bits per heavy atom. The van der Waals surface area contributed by atoms with Crippen molar-refractivity contribution < 1.29 is 14.2 Å². The van der Waals surface area contributed by atoms with Gasteiger partial charge in [0.15, 0.2) is 5.75 Å². The molecule has 30 heavy (non-hydrogen) atoms. The zero-order valence-corrected chi connectivity index (χ0v) is 16.4. The van der Waals surface area contributed by atoms with E-state index in [-0.39, 0.29) is 23.4 Å². The largest absolute Gasteiger partial charge is 0.484 e. The monoisotopic (exact) mass is 405 g/mol. The summed E-state index contributed by atoms with van der Waals surface area (Å²) in [5, 5.41) is 15.4. The van der Waals surface area contributed by atoms with Crippen molar-refractivity contribution in [2.75, 3.05) is 0 Å². The molecule has 4 rings (SSSR count). The summed E-state index contributed by atoms with van der Waals surface area (Å²) >= 11 is 0. The van der Waals surface area contributed by atoms with Crippen molar-refractivity contribution in [1.82, 2.24) is 19.7 Å². The molecule has 0 bridgehead atoms. The molecule has 4 aromatic rings. The predicted octanol–water partition coefficient (Wildman–Crippen LogP) is 4.34. The summed E-state index contributed by atoms with van der Waals surface area (Å²) in [5.41, 5.74) is 2.20. The average molecular weight is 405 g/mol. The van der Waals surface area contributed by atoms with Gasteiger partial charge in [-0.2, -0.15) is 4.98 Å². The highest BCUT2D eigenvalue weighted by Crippen LogP contribution is 2.33. The lowest BCUT2D eigenvalue weighted by Crippen LogP contribution is -2.07. The summed E-state index contributed by atoms with van der Waals surface area (Å²) in [5.74, 6) is 0.808. The van der Waals surface area contributed by atoms with E-state index in [0.717, 1.165) is 11.1 Å². The highest BCUT2D eigenvalue weighted by atomic mass is 16.6. The third kappa shape index (κ3) is 4.19. The number of nitrogens with zero attached hydrogens (tertiary/aromatic N) is 5. The summed E-state index contributed by atoms with van der Waals surface area (Å²) in [6.45, 7) is 4.33. The lowest BCUT2D eigenvalue weighted by atomic mass is 10.1. The first-order valence-electron chi connectivity index (χ1n) is 9.34. The van der Waals surface area contributed by atoms with E-state index >= 15 is 0 Å². The molecule has 152 valence electrons. The average Bonchev–Trinajstić information content (AvgIpc) is 3.40. The smallest absolute Gasteiger partial charge is 0.311 e. The van der Waals surface area contributed by atoms with Gasteiger partial charge in [-0.05, 0) is 31.5 Å². The molecule has 2 heterocycles. The lowest BCUT2D eigenvalue weighted by Gasteiger charge is -2.10. The van der Waals surface area contributed by atoms with Crippen LogP contribution in [0.25, 0.3) is 22.8 Å². The minimum Gasteiger partial charge on any atom is -0.484 e. The normalized spacial score (nSPS) is 11.0. The SMILES string of the molecule is CC(C)Oc1ccc(-c2nc(-c3ccc(Cn4ccnc4)cc3)no2)cc1[N+](=O)[O-]. The van der Waals surface area contributed by atoms with Crippen LogP contribution in [-0.2, 0) is 6.54 Å². The fourth-order valence-corrected chi connectivity index (χ4v) is 2.95. The van der Waals surface area contributed by atoms with Crippen LogP contribution in [0.1, 0.15) is 19.4 Å². The second-order valence-corrected chi connectivity index (χ2v) is 6.96. The predicted molar refractivity (Wildman–Crippen MR) is 109 cm³/mol. The molecule has 0 radical (unpaired) electrons. The highest BCUT2D eigenvalue weighted by molar-refractivity contribution is 5.65. The van der Waals surface area contributed by atoms with E-state index < -0.39 is 4.92 Å². The molecule has 2 aromatic carbocycles. The number of ether oxygens (including phenoxy) is 1. The van der Waals surface area contributed by atoms with Crippen LogP contribution < -0.4 is 4.74 Å². The van der Waals surface area contributed by atoms with Gasteiger partial charge in [-0.3, -0.25) is 10.1 Å². The quantitative estimate of drug-likeness (QED) is 0.332. The van der Waals surface area contributed by atoms with Crippen molar-refractivity contribution in [2.24, 2.45) is 0 Å². The van der Waals surface area contributed by atoms with Gasteiger partial charge in [0.2, 0.25) is 5.82 Å². The molecule has 0 aliphatic heterocycles. The number of hydrogen-bond donors (Lipinski definition) is 0. The van der Waals surface area contributed by atoms with Gasteiger partial charge in [-0.15, -0.1) is 0 Å². The van der Waals surface area contributed by atoms with Crippen molar-refractivity contribution >= 4 is 5.69 Å². The van der Waals surface area contributed by atoms with Gasteiger partial charge in [0, 0.05) is 36.1 Å². The number of nitro groups is 1. The van der Waals surface area contributed by atoms with E-state index in [0.29, 0.717) is 17.9 Å². The second kappa shape index (κ2) is 8.16. The van der Waals surface area contributed by atoms with Crippen LogP contribution in [0.5, 0.6) is 5.75 Å². The summed E-state index contributed by atoms with van der Waals surface area (Å²) in [4.78, 5) is 19.3. The van der Waals surface area contributed by atoms with E-state index in [2.05, 4.69) is 15.1 Å². The van der Waals surface area contributed by atoms with Crippen LogP contribution in [0.3, 0.4) is 0 Å². The Hall–Kier alpha value is -4.01. The summed E-state index contributed by atoms with van der Waals surface area (Å²) in [6, 6.07) is 12.4. The number of imidazole rings is 1. The Balaban J connectivity index is 1.56. The molecule has 9 nitrogen and oxygen atoms in total. The molecular weight excluding hydrogens is 386 g/mol. The molecule has 0 aliphatic carbocycles. The van der Waals surface area contributed by atoms with Gasteiger partial charge in [-0.1, -0.05) is 29.4 Å². The van der Waals surface area contributed by atoms with Gasteiger partial charge in [0.25, 0.3) is 5.89 Å². The van der Waals surface area contributed by atoms with E-state index in [1.165, 1.54) is 6.07 Å². The molecule has 0 unspecified atom stereocenters. The van der Waals surface area contributed by atoms with Gasteiger partial charge in [-0.25, -0.2) is 4.98 Å². The summed E-state index contributed by atoms with van der Waals surface area (Å²) in [6.07, 6.45) is 5.22. The minimum atomic E-state index is -0.489. The van der Waals surface area contributed by atoms with Crippen LogP contribution in [0, 0.1) is 10.1 Å². The van der Waals surface area contributed by atoms with Crippen molar-refractivity contribution in [2.45, 2.75) is 26.5 Å². The molecular formula is C21H19N5O4. The molecule has 0 spiro atoms. The zero-order valence-electron chi connectivity index (χ0n) is 16.4. The Kier molecular flexibility index (Phi) is 5.25. The van der Waals surface area contributed by atoms with Crippen LogP contribution in [0.15, 0.2) is 65.7 Å². The Bertz CT molecular complexity index is 1150. The Morgan fingerprint density at radius 1 is 1.17 bits per heavy atom. The lowest BCUT2D eigenvalue weighted by molar-refractivity contribution is -0.386. The number of nitro benzene ring substituents is 1. The maximum Gasteiger partial charge on any atom is 0.311 e. The molecule has 0 N–H and O–H groups in total. The molecule has 0 atom stereocenters. The van der Waals surface area contributed by atoms with E-state index in [1.807, 2.05) is 48.9 Å². The fourth-order valence-electron chi connectivity index (χ4n) is 2.95.